The molecule has 0 radical (unpaired) electrons. The lowest BCUT2D eigenvalue weighted by molar-refractivity contribution is -0.148. The van der Waals surface area contributed by atoms with Crippen molar-refractivity contribution in [3.05, 3.63) is 59.7 Å². The number of anilines is 1. The van der Waals surface area contributed by atoms with Gasteiger partial charge in [-0.15, -0.1) is 0 Å². The molecule has 5 heteroatoms. The number of Topliss-reactive ketones (excluding diaryl/α,β-unsaturated/α-hetero) is 1. The maximum atomic E-state index is 13.2. The second kappa shape index (κ2) is 6.25. The van der Waals surface area contributed by atoms with E-state index in [4.69, 9.17) is 4.74 Å². The summed E-state index contributed by atoms with van der Waals surface area (Å²) >= 11 is 0. The molecule has 1 heterocycles. The molecule has 2 aromatic rings. The minimum Gasteiger partial charge on any atom is -0.497 e. The Morgan fingerprint density at radius 3 is 2.54 bits per heavy atom. The number of methoxy groups -OCH3 is 1. The molecule has 5 nitrogen and oxygen atoms in total. The molecule has 4 rings (SSSR count). The standard InChI is InChI=1S/C21H21NO4/c1-26-15-11-9-14(10-12-15)13-22-18-7-3-2-5-16(18)21(25,20(22)24)17-6-4-8-19(17)23/h2-3,5,7,9-12,17,25H,4,6,8,13H2,1H3. The van der Waals surface area contributed by atoms with Crippen LogP contribution in [-0.4, -0.2) is 23.9 Å². The number of carbonyl (C=O) groups is 2. The van der Waals surface area contributed by atoms with Gasteiger partial charge in [0.2, 0.25) is 0 Å². The largest absolute Gasteiger partial charge is 0.497 e. The Morgan fingerprint density at radius 1 is 1.15 bits per heavy atom. The normalized spacial score (nSPS) is 24.8. The molecular weight excluding hydrogens is 330 g/mol. The SMILES string of the molecule is COc1ccc(CN2C(=O)C(O)(C3CCCC3=O)c3ccccc32)cc1. The fraction of sp³-hybridized carbons (Fsp3) is 0.333. The smallest absolute Gasteiger partial charge is 0.264 e. The lowest BCUT2D eigenvalue weighted by atomic mass is 9.80. The first-order chi connectivity index (χ1) is 12.6. The van der Waals surface area contributed by atoms with Crippen LogP contribution in [0.1, 0.15) is 30.4 Å². The summed E-state index contributed by atoms with van der Waals surface area (Å²) in [5.41, 5.74) is 0.390. The van der Waals surface area contributed by atoms with Crippen LogP contribution in [0, 0.1) is 5.92 Å². The van der Waals surface area contributed by atoms with E-state index in [0.29, 0.717) is 30.6 Å². The van der Waals surface area contributed by atoms with Crippen molar-refractivity contribution in [2.45, 2.75) is 31.4 Å². The second-order valence-electron chi connectivity index (χ2n) is 6.93. The zero-order valence-electron chi connectivity index (χ0n) is 14.6. The van der Waals surface area contributed by atoms with Gasteiger partial charge in [0.1, 0.15) is 11.5 Å². The van der Waals surface area contributed by atoms with Crippen molar-refractivity contribution in [3.63, 3.8) is 0 Å². The van der Waals surface area contributed by atoms with Crippen molar-refractivity contribution >= 4 is 17.4 Å². The first kappa shape index (κ1) is 16.8. The Morgan fingerprint density at radius 2 is 1.88 bits per heavy atom. The molecule has 2 unspecified atom stereocenters. The number of nitrogens with zero attached hydrogens (tertiary/aromatic N) is 1. The zero-order chi connectivity index (χ0) is 18.3. The third-order valence-corrected chi connectivity index (χ3v) is 5.49. The average molecular weight is 351 g/mol. The Labute approximate surface area is 152 Å². The second-order valence-corrected chi connectivity index (χ2v) is 6.93. The van der Waals surface area contributed by atoms with E-state index < -0.39 is 17.4 Å². The highest BCUT2D eigenvalue weighted by molar-refractivity contribution is 6.09. The minimum absolute atomic E-state index is 0.0260. The molecular formula is C21H21NO4. The summed E-state index contributed by atoms with van der Waals surface area (Å²) < 4.78 is 5.17. The molecule has 0 bridgehead atoms. The first-order valence-corrected chi connectivity index (χ1v) is 8.85. The fourth-order valence-electron chi connectivity index (χ4n) is 4.13. The zero-order valence-corrected chi connectivity index (χ0v) is 14.6. The number of para-hydroxylation sites is 1. The molecule has 1 amide bonds. The third-order valence-electron chi connectivity index (χ3n) is 5.49. The van der Waals surface area contributed by atoms with Crippen molar-refractivity contribution in [1.29, 1.82) is 0 Å². The van der Waals surface area contributed by atoms with E-state index in [0.717, 1.165) is 17.7 Å². The van der Waals surface area contributed by atoms with Gasteiger partial charge in [0.15, 0.2) is 5.60 Å². The van der Waals surface area contributed by atoms with Crippen LogP contribution in [0.15, 0.2) is 48.5 Å². The summed E-state index contributed by atoms with van der Waals surface area (Å²) in [6, 6.07) is 14.7. The van der Waals surface area contributed by atoms with Gasteiger partial charge in [0, 0.05) is 12.0 Å². The minimum atomic E-state index is -1.75. The van der Waals surface area contributed by atoms with E-state index in [1.54, 1.807) is 24.1 Å². The van der Waals surface area contributed by atoms with Crippen LogP contribution in [0.5, 0.6) is 5.75 Å². The molecule has 0 saturated heterocycles. The predicted molar refractivity (Wildman–Crippen MR) is 96.9 cm³/mol. The van der Waals surface area contributed by atoms with E-state index in [9.17, 15) is 14.7 Å². The van der Waals surface area contributed by atoms with Crippen LogP contribution < -0.4 is 9.64 Å². The lowest BCUT2D eigenvalue weighted by Gasteiger charge is -2.28. The molecule has 134 valence electrons. The van der Waals surface area contributed by atoms with E-state index >= 15 is 0 Å². The summed E-state index contributed by atoms with van der Waals surface area (Å²) in [4.78, 5) is 27.1. The number of hydrogen-bond acceptors (Lipinski definition) is 4. The van der Waals surface area contributed by atoms with E-state index in [1.165, 1.54) is 0 Å². The number of aliphatic hydroxyl groups is 1. The van der Waals surface area contributed by atoms with Crippen LogP contribution in [-0.2, 0) is 21.7 Å². The number of amides is 1. The summed E-state index contributed by atoms with van der Waals surface area (Å²) in [6.45, 7) is 0.336. The van der Waals surface area contributed by atoms with Crippen molar-refractivity contribution in [3.8, 4) is 5.75 Å². The molecule has 2 aliphatic rings. The van der Waals surface area contributed by atoms with Crippen molar-refractivity contribution in [2.24, 2.45) is 5.92 Å². The number of hydrogen-bond donors (Lipinski definition) is 1. The van der Waals surface area contributed by atoms with Gasteiger partial charge in [-0.05, 0) is 36.6 Å². The highest BCUT2D eigenvalue weighted by Gasteiger charge is 2.57. The number of rotatable bonds is 4. The highest BCUT2D eigenvalue weighted by Crippen LogP contribution is 2.48. The highest BCUT2D eigenvalue weighted by atomic mass is 16.5. The molecule has 2 aromatic carbocycles. The Balaban J connectivity index is 1.72. The third kappa shape index (κ3) is 2.42. The summed E-state index contributed by atoms with van der Waals surface area (Å²) in [5.74, 6) is -0.344. The Hall–Kier alpha value is -2.66. The van der Waals surface area contributed by atoms with Crippen LogP contribution >= 0.6 is 0 Å². The van der Waals surface area contributed by atoms with Crippen LogP contribution in [0.25, 0.3) is 0 Å². The first-order valence-electron chi connectivity index (χ1n) is 8.85. The van der Waals surface area contributed by atoms with Crippen LogP contribution in [0.3, 0.4) is 0 Å². The Kier molecular flexibility index (Phi) is 4.04. The van der Waals surface area contributed by atoms with Crippen LogP contribution in [0.2, 0.25) is 0 Å². The van der Waals surface area contributed by atoms with Crippen molar-refractivity contribution < 1.29 is 19.4 Å². The summed E-state index contributed by atoms with van der Waals surface area (Å²) in [5, 5.41) is 11.4. The molecule has 0 spiro atoms. The molecule has 1 fully saturated rings. The Bertz CT molecular complexity index is 861. The average Bonchev–Trinajstić information content (AvgIpc) is 3.19. The van der Waals surface area contributed by atoms with Gasteiger partial charge in [-0.25, -0.2) is 0 Å². The van der Waals surface area contributed by atoms with Crippen LogP contribution in [0.4, 0.5) is 5.69 Å². The number of ketones is 1. The fourth-order valence-corrected chi connectivity index (χ4v) is 4.13. The summed E-state index contributed by atoms with van der Waals surface area (Å²) in [6.07, 6.45) is 1.70. The molecule has 1 aliphatic heterocycles. The van der Waals surface area contributed by atoms with Crippen molar-refractivity contribution in [1.82, 2.24) is 0 Å². The topological polar surface area (TPSA) is 66.8 Å². The lowest BCUT2D eigenvalue weighted by Crippen LogP contribution is -2.46. The summed E-state index contributed by atoms with van der Waals surface area (Å²) in [7, 11) is 1.61. The number of ether oxygens (including phenoxy) is 1. The molecule has 1 N–H and O–H groups in total. The molecule has 2 atom stereocenters. The van der Waals surface area contributed by atoms with E-state index in [1.807, 2.05) is 36.4 Å². The van der Waals surface area contributed by atoms with Gasteiger partial charge < -0.3 is 14.7 Å². The quantitative estimate of drug-likeness (QED) is 0.920. The van der Waals surface area contributed by atoms with Gasteiger partial charge in [-0.3, -0.25) is 9.59 Å². The monoisotopic (exact) mass is 351 g/mol. The number of benzene rings is 2. The van der Waals surface area contributed by atoms with E-state index in [-0.39, 0.29) is 5.78 Å². The van der Waals surface area contributed by atoms with E-state index in [2.05, 4.69) is 0 Å². The van der Waals surface area contributed by atoms with Gasteiger partial charge >= 0.3 is 0 Å². The van der Waals surface area contributed by atoms with Gasteiger partial charge in [0.05, 0.1) is 25.3 Å². The molecule has 0 aromatic heterocycles. The predicted octanol–water partition coefficient (Wildman–Crippen LogP) is 2.80. The maximum absolute atomic E-state index is 13.2. The number of fused-ring (bicyclic) bond motifs is 1. The van der Waals surface area contributed by atoms with Gasteiger partial charge in [-0.2, -0.15) is 0 Å². The van der Waals surface area contributed by atoms with Crippen molar-refractivity contribution in [2.75, 3.05) is 12.0 Å². The number of carbonyl (C=O) groups excluding carboxylic acids is 2. The maximum Gasteiger partial charge on any atom is 0.264 e. The molecule has 1 aliphatic carbocycles. The van der Waals surface area contributed by atoms with Gasteiger partial charge in [-0.1, -0.05) is 30.3 Å². The molecule has 26 heavy (non-hydrogen) atoms. The van der Waals surface area contributed by atoms with Gasteiger partial charge in [0.25, 0.3) is 5.91 Å². The molecule has 1 saturated carbocycles.